The van der Waals surface area contributed by atoms with Crippen molar-refractivity contribution in [1.29, 1.82) is 0 Å². The van der Waals surface area contributed by atoms with Crippen LogP contribution in [0.3, 0.4) is 0 Å². The number of ether oxygens (including phenoxy) is 1. The summed E-state index contributed by atoms with van der Waals surface area (Å²) >= 11 is 0. The summed E-state index contributed by atoms with van der Waals surface area (Å²) in [5.41, 5.74) is 1.50. The second-order valence-electron chi connectivity index (χ2n) is 6.43. The molecule has 1 aromatic heterocycles. The molecule has 25 heavy (non-hydrogen) atoms. The van der Waals surface area contributed by atoms with Gasteiger partial charge in [0.05, 0.1) is 12.0 Å². The van der Waals surface area contributed by atoms with Gasteiger partial charge in [-0.05, 0) is 49.9 Å². The molecule has 0 unspecified atom stereocenters. The van der Waals surface area contributed by atoms with E-state index in [1.165, 1.54) is 0 Å². The summed E-state index contributed by atoms with van der Waals surface area (Å²) in [6, 6.07) is 3.47. The molecule has 1 fully saturated rings. The van der Waals surface area contributed by atoms with Crippen LogP contribution >= 0.6 is 0 Å². The number of hydrogen-bond donors (Lipinski definition) is 0. The van der Waals surface area contributed by atoms with Crippen molar-refractivity contribution >= 4 is 10.0 Å². The molecule has 0 N–H and O–H groups in total. The first kappa shape index (κ1) is 17.9. The van der Waals surface area contributed by atoms with Gasteiger partial charge >= 0.3 is 0 Å². The largest absolute Gasteiger partial charge is 0.496 e. The van der Waals surface area contributed by atoms with Gasteiger partial charge in [-0.15, -0.1) is 10.2 Å². The topological polar surface area (TPSA) is 85.5 Å². The van der Waals surface area contributed by atoms with Crippen LogP contribution in [0.5, 0.6) is 5.75 Å². The molecule has 1 aliphatic rings. The van der Waals surface area contributed by atoms with Gasteiger partial charge in [0.1, 0.15) is 5.75 Å². The summed E-state index contributed by atoms with van der Waals surface area (Å²) in [6.07, 6.45) is 1.35. The standard InChI is InChI=1S/C17H23N3O4S/c1-11-10-16(12(2)9-15(11)23-4)25(21,22)20-7-5-14(6-8-20)17-19-18-13(3)24-17/h9-10,14H,5-8H2,1-4H3. The Balaban J connectivity index is 1.79. The van der Waals surface area contributed by atoms with E-state index < -0.39 is 10.0 Å². The van der Waals surface area contributed by atoms with Crippen molar-refractivity contribution in [2.24, 2.45) is 0 Å². The van der Waals surface area contributed by atoms with Gasteiger partial charge in [-0.25, -0.2) is 8.42 Å². The fourth-order valence-corrected chi connectivity index (χ4v) is 4.98. The molecule has 1 aliphatic heterocycles. The van der Waals surface area contributed by atoms with E-state index in [9.17, 15) is 8.42 Å². The summed E-state index contributed by atoms with van der Waals surface area (Å²) in [6.45, 7) is 6.28. The van der Waals surface area contributed by atoms with Gasteiger partial charge in [0, 0.05) is 25.9 Å². The second kappa shape index (κ2) is 6.76. The molecule has 0 amide bonds. The van der Waals surface area contributed by atoms with Gasteiger partial charge in [0.15, 0.2) is 0 Å². The van der Waals surface area contributed by atoms with Gasteiger partial charge in [-0.2, -0.15) is 4.31 Å². The van der Waals surface area contributed by atoms with Crippen LogP contribution in [0.15, 0.2) is 21.4 Å². The van der Waals surface area contributed by atoms with Gasteiger partial charge < -0.3 is 9.15 Å². The SMILES string of the molecule is COc1cc(C)c(S(=O)(=O)N2CCC(c3nnc(C)o3)CC2)cc1C. The van der Waals surface area contributed by atoms with Crippen molar-refractivity contribution in [2.45, 2.75) is 44.4 Å². The first-order chi connectivity index (χ1) is 11.8. The van der Waals surface area contributed by atoms with Crippen molar-refractivity contribution in [3.63, 3.8) is 0 Å². The molecule has 2 aromatic rings. The molecule has 1 aromatic carbocycles. The van der Waals surface area contributed by atoms with Gasteiger partial charge in [0.2, 0.25) is 21.8 Å². The number of methoxy groups -OCH3 is 1. The van der Waals surface area contributed by atoms with Crippen LogP contribution in [-0.2, 0) is 10.0 Å². The third-order valence-corrected chi connectivity index (χ3v) is 6.70. The monoisotopic (exact) mass is 365 g/mol. The zero-order valence-corrected chi connectivity index (χ0v) is 15.8. The van der Waals surface area contributed by atoms with Crippen LogP contribution in [0, 0.1) is 20.8 Å². The molecular weight excluding hydrogens is 342 g/mol. The van der Waals surface area contributed by atoms with Gasteiger partial charge in [-0.1, -0.05) is 0 Å². The zero-order valence-electron chi connectivity index (χ0n) is 14.9. The highest BCUT2D eigenvalue weighted by Crippen LogP contribution is 2.32. The Kier molecular flexibility index (Phi) is 4.83. The summed E-state index contributed by atoms with van der Waals surface area (Å²) in [7, 11) is -1.95. The van der Waals surface area contributed by atoms with Crippen LogP contribution in [0.2, 0.25) is 0 Å². The van der Waals surface area contributed by atoms with E-state index in [4.69, 9.17) is 9.15 Å². The Labute approximate surface area is 148 Å². The smallest absolute Gasteiger partial charge is 0.243 e. The first-order valence-corrected chi connectivity index (χ1v) is 9.72. The Morgan fingerprint density at radius 2 is 1.80 bits per heavy atom. The molecule has 0 spiro atoms. The van der Waals surface area contributed by atoms with Crippen LogP contribution in [0.25, 0.3) is 0 Å². The lowest BCUT2D eigenvalue weighted by atomic mass is 9.98. The second-order valence-corrected chi connectivity index (χ2v) is 8.33. The van der Waals surface area contributed by atoms with Crippen LogP contribution < -0.4 is 4.74 Å². The van der Waals surface area contributed by atoms with Crippen molar-refractivity contribution in [2.75, 3.05) is 20.2 Å². The average Bonchev–Trinajstić information content (AvgIpc) is 3.03. The van der Waals surface area contributed by atoms with Crippen molar-refractivity contribution in [3.8, 4) is 5.75 Å². The van der Waals surface area contributed by atoms with E-state index in [-0.39, 0.29) is 5.92 Å². The van der Waals surface area contributed by atoms with Crippen molar-refractivity contribution < 1.29 is 17.6 Å². The molecular formula is C17H23N3O4S. The first-order valence-electron chi connectivity index (χ1n) is 8.28. The lowest BCUT2D eigenvalue weighted by Crippen LogP contribution is -2.38. The maximum atomic E-state index is 13.0. The van der Waals surface area contributed by atoms with E-state index >= 15 is 0 Å². The van der Waals surface area contributed by atoms with Gasteiger partial charge in [-0.3, -0.25) is 0 Å². The minimum atomic E-state index is -3.53. The third-order valence-electron chi connectivity index (χ3n) is 4.66. The highest BCUT2D eigenvalue weighted by molar-refractivity contribution is 7.89. The molecule has 3 rings (SSSR count). The number of rotatable bonds is 4. The molecule has 0 radical (unpaired) electrons. The Hall–Kier alpha value is -1.93. The maximum absolute atomic E-state index is 13.0. The number of sulfonamides is 1. The Morgan fingerprint density at radius 1 is 1.12 bits per heavy atom. The number of aromatic nitrogens is 2. The minimum absolute atomic E-state index is 0.117. The number of hydrogen-bond acceptors (Lipinski definition) is 6. The maximum Gasteiger partial charge on any atom is 0.243 e. The summed E-state index contributed by atoms with van der Waals surface area (Å²) < 4.78 is 38.4. The number of piperidine rings is 1. The predicted molar refractivity (Wildman–Crippen MR) is 92.2 cm³/mol. The summed E-state index contributed by atoms with van der Waals surface area (Å²) in [5, 5.41) is 7.92. The summed E-state index contributed by atoms with van der Waals surface area (Å²) in [4.78, 5) is 0.345. The highest BCUT2D eigenvalue weighted by Gasteiger charge is 2.33. The fourth-order valence-electron chi connectivity index (χ4n) is 3.22. The Bertz CT molecular complexity index is 868. The molecule has 2 heterocycles. The number of nitrogens with zero attached hydrogens (tertiary/aromatic N) is 3. The van der Waals surface area contributed by atoms with Crippen molar-refractivity contribution in [1.82, 2.24) is 14.5 Å². The number of benzene rings is 1. The molecule has 0 bridgehead atoms. The van der Waals surface area contributed by atoms with E-state index in [0.717, 1.165) is 5.56 Å². The predicted octanol–water partition coefficient (Wildman–Crippen LogP) is 2.57. The quantitative estimate of drug-likeness (QED) is 0.828. The fraction of sp³-hybridized carbons (Fsp3) is 0.529. The van der Waals surface area contributed by atoms with Gasteiger partial charge in [0.25, 0.3) is 0 Å². The van der Waals surface area contributed by atoms with Crippen LogP contribution in [0.1, 0.15) is 41.7 Å². The zero-order chi connectivity index (χ0) is 18.2. The lowest BCUT2D eigenvalue weighted by molar-refractivity contribution is 0.287. The molecule has 0 atom stereocenters. The van der Waals surface area contributed by atoms with Crippen molar-refractivity contribution in [3.05, 3.63) is 35.0 Å². The third kappa shape index (κ3) is 3.41. The summed E-state index contributed by atoms with van der Waals surface area (Å²) in [5.74, 6) is 1.95. The van der Waals surface area contributed by atoms with E-state index in [1.807, 2.05) is 6.92 Å². The molecule has 0 saturated carbocycles. The van der Waals surface area contributed by atoms with E-state index in [1.54, 1.807) is 37.4 Å². The van der Waals surface area contributed by atoms with E-state index in [0.29, 0.717) is 53.9 Å². The molecule has 0 aliphatic carbocycles. The molecule has 8 heteroatoms. The normalized spacial score (nSPS) is 17.0. The van der Waals surface area contributed by atoms with Crippen LogP contribution in [-0.4, -0.2) is 43.1 Å². The molecule has 7 nitrogen and oxygen atoms in total. The molecule has 136 valence electrons. The Morgan fingerprint density at radius 3 is 2.36 bits per heavy atom. The minimum Gasteiger partial charge on any atom is -0.496 e. The van der Waals surface area contributed by atoms with E-state index in [2.05, 4.69) is 10.2 Å². The molecule has 1 saturated heterocycles. The lowest BCUT2D eigenvalue weighted by Gasteiger charge is -2.30. The van der Waals surface area contributed by atoms with Crippen LogP contribution in [0.4, 0.5) is 0 Å². The number of aryl methyl sites for hydroxylation is 3. The average molecular weight is 365 g/mol. The highest BCUT2D eigenvalue weighted by atomic mass is 32.2.